The molecule has 0 aliphatic heterocycles. The lowest BCUT2D eigenvalue weighted by Crippen LogP contribution is -2.27. The molecule has 30 heavy (non-hydrogen) atoms. The van der Waals surface area contributed by atoms with Crippen LogP contribution in [0.2, 0.25) is 0 Å². The predicted octanol–water partition coefficient (Wildman–Crippen LogP) is 4.38. The van der Waals surface area contributed by atoms with Crippen molar-refractivity contribution in [2.45, 2.75) is 0 Å². The molecule has 2 aromatic heterocycles. The van der Waals surface area contributed by atoms with E-state index >= 15 is 0 Å². The lowest BCUT2D eigenvalue weighted by molar-refractivity contribution is 0.104. The largest absolute Gasteiger partial charge is 0.331 e. The first-order chi connectivity index (χ1) is 14.5. The number of carbonyl (C=O) groups is 2. The van der Waals surface area contributed by atoms with Crippen molar-refractivity contribution in [2.75, 3.05) is 19.4 Å². The van der Waals surface area contributed by atoms with Gasteiger partial charge in [-0.3, -0.25) is 19.5 Å². The molecule has 2 amide bonds. The Labute approximate surface area is 177 Å². The van der Waals surface area contributed by atoms with E-state index in [4.69, 9.17) is 0 Å². The Hall–Kier alpha value is -3.71. The number of rotatable bonds is 4. The van der Waals surface area contributed by atoms with Crippen LogP contribution in [0.15, 0.2) is 77.6 Å². The molecule has 4 aromatic rings. The van der Waals surface area contributed by atoms with Crippen molar-refractivity contribution in [2.24, 2.45) is 0 Å². The fourth-order valence-electron chi connectivity index (χ4n) is 3.16. The number of pyridine rings is 1. The Morgan fingerprint density at radius 3 is 2.17 bits per heavy atom. The highest BCUT2D eigenvalue weighted by Gasteiger charge is 2.24. The van der Waals surface area contributed by atoms with Gasteiger partial charge in [-0.1, -0.05) is 59.9 Å². The maximum absolute atomic E-state index is 13.4. The molecule has 0 unspecified atom stereocenters. The Bertz CT molecular complexity index is 1290. The van der Waals surface area contributed by atoms with Crippen LogP contribution in [-0.4, -0.2) is 35.4 Å². The van der Waals surface area contributed by atoms with Crippen molar-refractivity contribution in [1.29, 1.82) is 0 Å². The number of hydrogen-bond donors (Lipinski definition) is 1. The minimum Gasteiger partial charge on any atom is -0.331 e. The Kier molecular flexibility index (Phi) is 5.20. The van der Waals surface area contributed by atoms with E-state index in [0.717, 1.165) is 0 Å². The summed E-state index contributed by atoms with van der Waals surface area (Å²) in [7, 11) is 3.25. The number of anilines is 1. The molecule has 2 aromatic carbocycles. The van der Waals surface area contributed by atoms with E-state index in [2.05, 4.69) is 5.32 Å². The van der Waals surface area contributed by atoms with E-state index in [1.807, 2.05) is 36.4 Å². The minimum absolute atomic E-state index is 0.209. The summed E-state index contributed by atoms with van der Waals surface area (Å²) in [4.78, 5) is 40.5. The monoisotopic (exact) mass is 417 g/mol. The summed E-state index contributed by atoms with van der Waals surface area (Å²) in [6, 6.07) is 20.9. The fraction of sp³-hybridized carbons (Fsp3) is 0.0870. The Balaban J connectivity index is 2.00. The van der Waals surface area contributed by atoms with Gasteiger partial charge >= 0.3 is 6.03 Å². The molecule has 7 heteroatoms. The number of aromatic nitrogens is 1. The highest BCUT2D eigenvalue weighted by molar-refractivity contribution is 7.23. The molecular formula is C23H19N3O3S. The van der Waals surface area contributed by atoms with Gasteiger partial charge < -0.3 is 4.90 Å². The van der Waals surface area contributed by atoms with E-state index in [-0.39, 0.29) is 17.4 Å². The summed E-state index contributed by atoms with van der Waals surface area (Å²) in [5.74, 6) is -0.214. The van der Waals surface area contributed by atoms with Crippen molar-refractivity contribution < 1.29 is 9.59 Å². The summed E-state index contributed by atoms with van der Waals surface area (Å²) < 4.78 is 1.56. The van der Waals surface area contributed by atoms with Crippen LogP contribution in [0.3, 0.4) is 0 Å². The Morgan fingerprint density at radius 2 is 1.53 bits per heavy atom. The standard InChI is InChI=1S/C23H19N3O3S/c1-25(2)23(29)24-21-19(20(28)15-9-5-3-6-10-15)17-13-14-18(27)26(22(17)30-21)16-11-7-4-8-12-16/h3-14H,1-2H3,(H,24,29). The molecule has 0 aliphatic rings. The van der Waals surface area contributed by atoms with Crippen LogP contribution in [0.5, 0.6) is 0 Å². The molecule has 0 saturated heterocycles. The van der Waals surface area contributed by atoms with Gasteiger partial charge in [-0.2, -0.15) is 0 Å². The number of fused-ring (bicyclic) bond motifs is 1. The number of nitrogens with one attached hydrogen (secondary N) is 1. The topological polar surface area (TPSA) is 71.4 Å². The van der Waals surface area contributed by atoms with Crippen LogP contribution in [0, 0.1) is 0 Å². The number of para-hydroxylation sites is 1. The summed E-state index contributed by atoms with van der Waals surface area (Å²) >= 11 is 1.21. The van der Waals surface area contributed by atoms with Gasteiger partial charge in [-0.05, 0) is 18.2 Å². The molecule has 2 heterocycles. The molecular weight excluding hydrogens is 398 g/mol. The predicted molar refractivity (Wildman–Crippen MR) is 120 cm³/mol. The normalized spacial score (nSPS) is 10.7. The number of amides is 2. The molecule has 0 spiro atoms. The van der Waals surface area contributed by atoms with Crippen LogP contribution >= 0.6 is 11.3 Å². The average molecular weight is 417 g/mol. The van der Waals surface area contributed by atoms with Crippen LogP contribution in [0.1, 0.15) is 15.9 Å². The summed E-state index contributed by atoms with van der Waals surface area (Å²) in [6.07, 6.45) is 0. The summed E-state index contributed by atoms with van der Waals surface area (Å²) in [6.45, 7) is 0. The van der Waals surface area contributed by atoms with Crippen molar-refractivity contribution in [1.82, 2.24) is 9.47 Å². The van der Waals surface area contributed by atoms with Gasteiger partial charge in [-0.25, -0.2) is 4.79 Å². The first-order valence-corrected chi connectivity index (χ1v) is 10.1. The van der Waals surface area contributed by atoms with Gasteiger partial charge in [0.2, 0.25) is 0 Å². The Morgan fingerprint density at radius 1 is 0.900 bits per heavy atom. The highest BCUT2D eigenvalue weighted by Crippen LogP contribution is 2.37. The second-order valence-corrected chi connectivity index (χ2v) is 7.89. The lowest BCUT2D eigenvalue weighted by atomic mass is 10.0. The summed E-state index contributed by atoms with van der Waals surface area (Å²) in [5, 5.41) is 3.84. The minimum atomic E-state index is -0.350. The number of urea groups is 1. The molecule has 0 fully saturated rings. The first-order valence-electron chi connectivity index (χ1n) is 9.29. The van der Waals surface area contributed by atoms with Gasteiger partial charge in [0.05, 0.1) is 11.3 Å². The number of nitrogens with zero attached hydrogens (tertiary/aromatic N) is 2. The maximum atomic E-state index is 13.4. The third-order valence-corrected chi connectivity index (χ3v) is 5.75. The second kappa shape index (κ2) is 7.96. The van der Waals surface area contributed by atoms with Crippen LogP contribution < -0.4 is 10.9 Å². The van der Waals surface area contributed by atoms with E-state index in [9.17, 15) is 14.4 Å². The molecule has 150 valence electrons. The number of carbonyl (C=O) groups excluding carboxylic acids is 2. The molecule has 0 radical (unpaired) electrons. The van der Waals surface area contributed by atoms with Crippen LogP contribution in [0.4, 0.5) is 9.80 Å². The van der Waals surface area contributed by atoms with Gasteiger partial charge in [-0.15, -0.1) is 0 Å². The maximum Gasteiger partial charge on any atom is 0.321 e. The fourth-order valence-corrected chi connectivity index (χ4v) is 4.36. The molecule has 0 bridgehead atoms. The van der Waals surface area contributed by atoms with Crippen LogP contribution in [-0.2, 0) is 0 Å². The number of hydrogen-bond acceptors (Lipinski definition) is 4. The molecule has 0 saturated carbocycles. The quantitative estimate of drug-likeness (QED) is 0.501. The van der Waals surface area contributed by atoms with Crippen LogP contribution in [0.25, 0.3) is 15.9 Å². The SMILES string of the molecule is CN(C)C(=O)Nc1sc2c(ccc(=O)n2-c2ccccc2)c1C(=O)c1ccccc1. The molecule has 4 rings (SSSR count). The third-order valence-electron chi connectivity index (χ3n) is 4.65. The summed E-state index contributed by atoms with van der Waals surface area (Å²) in [5.41, 5.74) is 1.37. The molecule has 6 nitrogen and oxygen atoms in total. The van der Waals surface area contributed by atoms with Gasteiger partial charge in [0.25, 0.3) is 5.56 Å². The zero-order chi connectivity index (χ0) is 21.3. The van der Waals surface area contributed by atoms with Gasteiger partial charge in [0.1, 0.15) is 9.83 Å². The average Bonchev–Trinajstić information content (AvgIpc) is 3.11. The third kappa shape index (κ3) is 3.51. The van der Waals surface area contributed by atoms with Gasteiger partial charge in [0, 0.05) is 31.1 Å². The number of ketones is 1. The second-order valence-electron chi connectivity index (χ2n) is 6.89. The smallest absolute Gasteiger partial charge is 0.321 e. The van der Waals surface area contributed by atoms with E-state index in [1.54, 1.807) is 49.0 Å². The van der Waals surface area contributed by atoms with Crippen molar-refractivity contribution in [3.8, 4) is 5.69 Å². The first kappa shape index (κ1) is 19.6. The zero-order valence-corrected chi connectivity index (χ0v) is 17.3. The highest BCUT2D eigenvalue weighted by atomic mass is 32.1. The van der Waals surface area contributed by atoms with Crippen molar-refractivity contribution in [3.05, 3.63) is 94.3 Å². The van der Waals surface area contributed by atoms with Crippen molar-refractivity contribution in [3.63, 3.8) is 0 Å². The molecule has 0 atom stereocenters. The van der Waals surface area contributed by atoms with E-state index in [1.165, 1.54) is 22.3 Å². The molecule has 1 N–H and O–H groups in total. The van der Waals surface area contributed by atoms with Crippen molar-refractivity contribution >= 4 is 38.4 Å². The lowest BCUT2D eigenvalue weighted by Gasteiger charge is -2.12. The number of benzene rings is 2. The number of thiophene rings is 1. The van der Waals surface area contributed by atoms with Gasteiger partial charge in [0.15, 0.2) is 5.78 Å². The molecule has 0 aliphatic carbocycles. The van der Waals surface area contributed by atoms with E-state index < -0.39 is 0 Å². The van der Waals surface area contributed by atoms with E-state index in [0.29, 0.717) is 32.0 Å². The zero-order valence-electron chi connectivity index (χ0n) is 16.5.